The van der Waals surface area contributed by atoms with Crippen LogP contribution in [-0.2, 0) is 5.41 Å². The highest BCUT2D eigenvalue weighted by atomic mass is 32.1. The van der Waals surface area contributed by atoms with Crippen LogP contribution in [0.1, 0.15) is 50.8 Å². The van der Waals surface area contributed by atoms with Crippen molar-refractivity contribution in [1.29, 1.82) is 0 Å². The van der Waals surface area contributed by atoms with Crippen molar-refractivity contribution in [2.75, 3.05) is 26.2 Å². The summed E-state index contributed by atoms with van der Waals surface area (Å²) in [4.78, 5) is 6.38. The molecule has 0 saturated heterocycles. The molecule has 0 aromatic carbocycles. The molecule has 4 nitrogen and oxygen atoms in total. The summed E-state index contributed by atoms with van der Waals surface area (Å²) in [6, 6.07) is 4.44. The lowest BCUT2D eigenvalue weighted by molar-refractivity contribution is 0.238. The molecule has 0 amide bonds. The SMILES string of the molecule is CCNC(=NCC1(c2cccs2)CCCCC1)NCC(C)CO. The molecule has 1 aliphatic carbocycles. The first kappa shape index (κ1) is 18.3. The summed E-state index contributed by atoms with van der Waals surface area (Å²) >= 11 is 1.87. The number of rotatable bonds is 7. The molecular weight excluding hydrogens is 306 g/mol. The third-order valence-corrected chi connectivity index (χ3v) is 5.78. The zero-order chi connectivity index (χ0) is 16.5. The Balaban J connectivity index is 2.07. The molecule has 1 heterocycles. The first-order chi connectivity index (χ1) is 11.2. The molecule has 130 valence electrons. The average molecular weight is 338 g/mol. The molecule has 23 heavy (non-hydrogen) atoms. The van der Waals surface area contributed by atoms with Crippen molar-refractivity contribution < 1.29 is 5.11 Å². The Bertz CT molecular complexity index is 467. The summed E-state index contributed by atoms with van der Waals surface area (Å²) in [6.45, 7) is 6.76. The van der Waals surface area contributed by atoms with Crippen molar-refractivity contribution in [2.24, 2.45) is 10.9 Å². The lowest BCUT2D eigenvalue weighted by Crippen LogP contribution is -2.41. The number of aliphatic hydroxyl groups is 1. The van der Waals surface area contributed by atoms with Crippen LogP contribution in [0.2, 0.25) is 0 Å². The van der Waals surface area contributed by atoms with E-state index < -0.39 is 0 Å². The maximum atomic E-state index is 9.18. The minimum absolute atomic E-state index is 0.200. The Labute approximate surface area is 144 Å². The van der Waals surface area contributed by atoms with Crippen LogP contribution < -0.4 is 10.6 Å². The fourth-order valence-electron chi connectivity index (χ4n) is 3.20. The minimum atomic E-state index is 0.200. The van der Waals surface area contributed by atoms with Crippen LogP contribution in [-0.4, -0.2) is 37.3 Å². The van der Waals surface area contributed by atoms with Gasteiger partial charge < -0.3 is 15.7 Å². The second kappa shape index (κ2) is 9.28. The number of guanidine groups is 1. The van der Waals surface area contributed by atoms with Gasteiger partial charge >= 0.3 is 0 Å². The van der Waals surface area contributed by atoms with Crippen LogP contribution in [0.5, 0.6) is 0 Å². The van der Waals surface area contributed by atoms with E-state index in [1.807, 2.05) is 18.3 Å². The molecule has 0 bridgehead atoms. The van der Waals surface area contributed by atoms with Gasteiger partial charge in [0.2, 0.25) is 0 Å². The molecule has 1 unspecified atom stereocenters. The van der Waals surface area contributed by atoms with Crippen LogP contribution in [0.15, 0.2) is 22.5 Å². The fraction of sp³-hybridized carbons (Fsp3) is 0.722. The number of thiophene rings is 1. The maximum absolute atomic E-state index is 9.18. The van der Waals surface area contributed by atoms with Gasteiger partial charge in [-0.3, -0.25) is 4.99 Å². The number of nitrogens with zero attached hydrogens (tertiary/aromatic N) is 1. The Morgan fingerprint density at radius 2 is 2.13 bits per heavy atom. The lowest BCUT2D eigenvalue weighted by atomic mass is 9.73. The van der Waals surface area contributed by atoms with E-state index in [4.69, 9.17) is 4.99 Å². The van der Waals surface area contributed by atoms with Gasteiger partial charge in [0, 0.05) is 30.0 Å². The molecule has 5 heteroatoms. The van der Waals surface area contributed by atoms with Crippen molar-refractivity contribution in [2.45, 2.75) is 51.4 Å². The Hall–Kier alpha value is -1.07. The maximum Gasteiger partial charge on any atom is 0.191 e. The molecule has 1 aromatic heterocycles. The standard InChI is InChI=1S/C18H31N3OS/c1-3-19-17(20-12-15(2)13-22)21-14-18(9-5-4-6-10-18)16-8-7-11-23-16/h7-8,11,15,22H,3-6,9-10,12-14H2,1-2H3,(H2,19,20,21). The van der Waals surface area contributed by atoms with Gasteiger partial charge in [0.25, 0.3) is 0 Å². The quantitative estimate of drug-likeness (QED) is 0.529. The summed E-state index contributed by atoms with van der Waals surface area (Å²) in [5.74, 6) is 1.11. The van der Waals surface area contributed by atoms with Gasteiger partial charge in [-0.1, -0.05) is 32.3 Å². The van der Waals surface area contributed by atoms with E-state index in [0.717, 1.165) is 25.6 Å². The molecule has 2 rings (SSSR count). The van der Waals surface area contributed by atoms with Crippen molar-refractivity contribution in [1.82, 2.24) is 10.6 Å². The third kappa shape index (κ3) is 5.21. The van der Waals surface area contributed by atoms with Crippen LogP contribution in [0.3, 0.4) is 0 Å². The lowest BCUT2D eigenvalue weighted by Gasteiger charge is -2.35. The highest BCUT2D eigenvalue weighted by molar-refractivity contribution is 7.10. The van der Waals surface area contributed by atoms with Gasteiger partial charge in [0.15, 0.2) is 5.96 Å². The first-order valence-electron chi connectivity index (χ1n) is 8.87. The van der Waals surface area contributed by atoms with Gasteiger partial charge in [-0.05, 0) is 37.1 Å². The molecule has 1 fully saturated rings. The Morgan fingerprint density at radius 3 is 2.74 bits per heavy atom. The predicted molar refractivity (Wildman–Crippen MR) is 99.3 cm³/mol. The summed E-state index contributed by atoms with van der Waals surface area (Å²) in [5, 5.41) is 18.0. The largest absolute Gasteiger partial charge is 0.396 e. The van der Waals surface area contributed by atoms with E-state index in [-0.39, 0.29) is 17.9 Å². The normalized spacial score (nSPS) is 19.3. The number of aliphatic hydroxyl groups excluding tert-OH is 1. The molecule has 1 aromatic rings. The molecule has 1 aliphatic rings. The molecule has 1 saturated carbocycles. The molecule has 1 atom stereocenters. The second-order valence-corrected chi connectivity index (χ2v) is 7.63. The minimum Gasteiger partial charge on any atom is -0.396 e. The van der Waals surface area contributed by atoms with E-state index in [2.05, 4.69) is 35.1 Å². The van der Waals surface area contributed by atoms with E-state index in [9.17, 15) is 5.11 Å². The van der Waals surface area contributed by atoms with Crippen molar-refractivity contribution in [3.63, 3.8) is 0 Å². The zero-order valence-corrected chi connectivity index (χ0v) is 15.3. The Morgan fingerprint density at radius 1 is 1.35 bits per heavy atom. The Kier molecular flexibility index (Phi) is 7.37. The number of hydrogen-bond acceptors (Lipinski definition) is 3. The third-order valence-electron chi connectivity index (χ3n) is 4.67. The molecule has 0 aliphatic heterocycles. The van der Waals surface area contributed by atoms with Gasteiger partial charge in [-0.2, -0.15) is 0 Å². The van der Waals surface area contributed by atoms with Gasteiger partial charge in [-0.15, -0.1) is 11.3 Å². The summed E-state index contributed by atoms with van der Waals surface area (Å²) < 4.78 is 0. The molecule has 0 radical (unpaired) electrons. The number of hydrogen-bond donors (Lipinski definition) is 3. The topological polar surface area (TPSA) is 56.7 Å². The van der Waals surface area contributed by atoms with Gasteiger partial charge in [-0.25, -0.2) is 0 Å². The summed E-state index contributed by atoms with van der Waals surface area (Å²) in [7, 11) is 0. The summed E-state index contributed by atoms with van der Waals surface area (Å²) in [6.07, 6.45) is 6.44. The van der Waals surface area contributed by atoms with Crippen molar-refractivity contribution >= 4 is 17.3 Å². The second-order valence-electron chi connectivity index (χ2n) is 6.68. The van der Waals surface area contributed by atoms with Crippen LogP contribution in [0.4, 0.5) is 0 Å². The van der Waals surface area contributed by atoms with E-state index in [1.54, 1.807) is 0 Å². The molecular formula is C18H31N3OS. The monoisotopic (exact) mass is 337 g/mol. The highest BCUT2D eigenvalue weighted by Gasteiger charge is 2.34. The number of nitrogens with one attached hydrogen (secondary N) is 2. The first-order valence-corrected chi connectivity index (χ1v) is 9.75. The average Bonchev–Trinajstić information content (AvgIpc) is 3.13. The van der Waals surface area contributed by atoms with E-state index in [1.165, 1.54) is 37.0 Å². The van der Waals surface area contributed by atoms with E-state index >= 15 is 0 Å². The van der Waals surface area contributed by atoms with E-state index in [0.29, 0.717) is 0 Å². The molecule has 0 spiro atoms. The summed E-state index contributed by atoms with van der Waals surface area (Å²) in [5.41, 5.74) is 0.220. The fourth-order valence-corrected chi connectivity index (χ4v) is 4.18. The predicted octanol–water partition coefficient (Wildman–Crippen LogP) is 3.13. The van der Waals surface area contributed by atoms with Crippen LogP contribution in [0, 0.1) is 5.92 Å². The van der Waals surface area contributed by atoms with Gasteiger partial charge in [0.1, 0.15) is 0 Å². The van der Waals surface area contributed by atoms with Crippen LogP contribution >= 0.6 is 11.3 Å². The van der Waals surface area contributed by atoms with Crippen LogP contribution in [0.25, 0.3) is 0 Å². The number of aliphatic imine (C=N–C) groups is 1. The zero-order valence-electron chi connectivity index (χ0n) is 14.5. The van der Waals surface area contributed by atoms with Gasteiger partial charge in [0.05, 0.1) is 6.54 Å². The highest BCUT2D eigenvalue weighted by Crippen LogP contribution is 2.41. The van der Waals surface area contributed by atoms with Crippen molar-refractivity contribution in [3.05, 3.63) is 22.4 Å². The van der Waals surface area contributed by atoms with Crippen molar-refractivity contribution in [3.8, 4) is 0 Å². The molecule has 3 N–H and O–H groups in total. The smallest absolute Gasteiger partial charge is 0.191 e.